The maximum atomic E-state index is 13.1. The third-order valence-corrected chi connectivity index (χ3v) is 2.72. The SMILES string of the molecule is CC(c1ccc(F)c(F)c1)N(C)CC(C)(C)O. The van der Waals surface area contributed by atoms with Crippen molar-refractivity contribution in [3.63, 3.8) is 0 Å². The van der Waals surface area contributed by atoms with Crippen molar-refractivity contribution in [1.29, 1.82) is 0 Å². The van der Waals surface area contributed by atoms with Crippen molar-refractivity contribution in [3.8, 4) is 0 Å². The minimum Gasteiger partial charge on any atom is -0.389 e. The van der Waals surface area contributed by atoms with Gasteiger partial charge >= 0.3 is 0 Å². The summed E-state index contributed by atoms with van der Waals surface area (Å²) in [4.78, 5) is 1.90. The first-order valence-electron chi connectivity index (χ1n) is 5.58. The van der Waals surface area contributed by atoms with E-state index in [4.69, 9.17) is 0 Å². The Morgan fingerprint density at radius 2 is 1.88 bits per heavy atom. The van der Waals surface area contributed by atoms with Gasteiger partial charge < -0.3 is 5.11 Å². The van der Waals surface area contributed by atoms with Crippen LogP contribution in [-0.4, -0.2) is 29.2 Å². The number of benzene rings is 1. The van der Waals surface area contributed by atoms with E-state index in [1.807, 2.05) is 18.9 Å². The van der Waals surface area contributed by atoms with E-state index in [2.05, 4.69) is 0 Å². The summed E-state index contributed by atoms with van der Waals surface area (Å²) < 4.78 is 25.9. The average Bonchev–Trinajstić information content (AvgIpc) is 2.18. The van der Waals surface area contributed by atoms with Crippen molar-refractivity contribution in [2.24, 2.45) is 0 Å². The summed E-state index contributed by atoms with van der Waals surface area (Å²) in [6.07, 6.45) is 0. The fourth-order valence-corrected chi connectivity index (χ4v) is 1.77. The fourth-order valence-electron chi connectivity index (χ4n) is 1.77. The summed E-state index contributed by atoms with van der Waals surface area (Å²) in [7, 11) is 1.84. The van der Waals surface area contributed by atoms with Crippen LogP contribution >= 0.6 is 0 Å². The van der Waals surface area contributed by atoms with Crippen LogP contribution in [0.15, 0.2) is 18.2 Å². The summed E-state index contributed by atoms with van der Waals surface area (Å²) in [6, 6.07) is 3.79. The van der Waals surface area contributed by atoms with Crippen LogP contribution < -0.4 is 0 Å². The normalized spacial score (nSPS) is 14.1. The second-order valence-electron chi connectivity index (χ2n) is 5.08. The standard InChI is InChI=1S/C13H19F2NO/c1-9(16(4)8-13(2,3)17)10-5-6-11(14)12(15)7-10/h5-7,9,17H,8H2,1-4H3. The maximum Gasteiger partial charge on any atom is 0.159 e. The molecule has 2 nitrogen and oxygen atoms in total. The molecule has 1 atom stereocenters. The zero-order valence-electron chi connectivity index (χ0n) is 10.7. The summed E-state index contributed by atoms with van der Waals surface area (Å²) in [6.45, 7) is 5.76. The molecule has 0 heterocycles. The molecule has 0 saturated carbocycles. The van der Waals surface area contributed by atoms with E-state index >= 15 is 0 Å². The minimum atomic E-state index is -0.842. The fraction of sp³-hybridized carbons (Fsp3) is 0.538. The number of hydrogen-bond acceptors (Lipinski definition) is 2. The van der Waals surface area contributed by atoms with Gasteiger partial charge in [-0.05, 0) is 45.5 Å². The summed E-state index contributed by atoms with van der Waals surface area (Å²) in [5, 5.41) is 9.71. The molecule has 96 valence electrons. The molecular weight excluding hydrogens is 224 g/mol. The lowest BCUT2D eigenvalue weighted by Gasteiger charge is -2.30. The van der Waals surface area contributed by atoms with Crippen molar-refractivity contribution in [1.82, 2.24) is 4.90 Å². The molecule has 0 aliphatic rings. The molecule has 0 amide bonds. The molecule has 1 rings (SSSR count). The molecule has 17 heavy (non-hydrogen) atoms. The monoisotopic (exact) mass is 243 g/mol. The largest absolute Gasteiger partial charge is 0.389 e. The number of aliphatic hydroxyl groups is 1. The molecule has 1 aromatic carbocycles. The van der Waals surface area contributed by atoms with Crippen LogP contribution in [0.3, 0.4) is 0 Å². The third kappa shape index (κ3) is 4.06. The number of hydrogen-bond donors (Lipinski definition) is 1. The Hall–Kier alpha value is -1.00. The topological polar surface area (TPSA) is 23.5 Å². The second kappa shape index (κ2) is 5.10. The van der Waals surface area contributed by atoms with Gasteiger partial charge in [0.05, 0.1) is 5.60 Å². The van der Waals surface area contributed by atoms with Crippen LogP contribution in [0.25, 0.3) is 0 Å². The van der Waals surface area contributed by atoms with Gasteiger partial charge in [-0.15, -0.1) is 0 Å². The summed E-state index contributed by atoms with van der Waals surface area (Å²) >= 11 is 0. The van der Waals surface area contributed by atoms with E-state index in [0.29, 0.717) is 12.1 Å². The Kier molecular flexibility index (Phi) is 4.22. The molecular formula is C13H19F2NO. The molecule has 0 saturated heterocycles. The van der Waals surface area contributed by atoms with E-state index in [-0.39, 0.29) is 6.04 Å². The average molecular weight is 243 g/mol. The van der Waals surface area contributed by atoms with Gasteiger partial charge in [-0.25, -0.2) is 8.78 Å². The van der Waals surface area contributed by atoms with E-state index < -0.39 is 17.2 Å². The molecule has 0 fully saturated rings. The smallest absolute Gasteiger partial charge is 0.159 e. The molecule has 0 radical (unpaired) electrons. The predicted molar refractivity (Wildman–Crippen MR) is 63.7 cm³/mol. The number of likely N-dealkylation sites (N-methyl/N-ethyl adjacent to an activating group) is 1. The van der Waals surface area contributed by atoms with E-state index in [1.54, 1.807) is 19.9 Å². The summed E-state index contributed by atoms with van der Waals surface area (Å²) in [5.74, 6) is -1.68. The highest BCUT2D eigenvalue weighted by Gasteiger charge is 2.20. The lowest BCUT2D eigenvalue weighted by Crippen LogP contribution is -2.37. The Balaban J connectivity index is 2.81. The van der Waals surface area contributed by atoms with Gasteiger partial charge in [-0.2, -0.15) is 0 Å². The molecule has 4 heteroatoms. The lowest BCUT2D eigenvalue weighted by molar-refractivity contribution is 0.0333. The minimum absolute atomic E-state index is 0.0866. The molecule has 0 spiro atoms. The highest BCUT2D eigenvalue weighted by Crippen LogP contribution is 2.22. The van der Waals surface area contributed by atoms with Gasteiger partial charge in [0.25, 0.3) is 0 Å². The second-order valence-corrected chi connectivity index (χ2v) is 5.08. The lowest BCUT2D eigenvalue weighted by atomic mass is 10.0. The zero-order chi connectivity index (χ0) is 13.2. The number of nitrogens with zero attached hydrogens (tertiary/aromatic N) is 1. The Labute approximate surface area is 101 Å². The van der Waals surface area contributed by atoms with E-state index in [9.17, 15) is 13.9 Å². The van der Waals surface area contributed by atoms with Gasteiger partial charge in [0, 0.05) is 12.6 Å². The first-order chi connectivity index (χ1) is 7.70. The van der Waals surface area contributed by atoms with Gasteiger partial charge in [0.15, 0.2) is 11.6 Å². The number of rotatable bonds is 4. The maximum absolute atomic E-state index is 13.1. The van der Waals surface area contributed by atoms with Gasteiger partial charge in [-0.1, -0.05) is 6.07 Å². The van der Waals surface area contributed by atoms with Crippen LogP contribution in [0.1, 0.15) is 32.4 Å². The highest BCUT2D eigenvalue weighted by atomic mass is 19.2. The molecule has 0 bridgehead atoms. The Bertz CT molecular complexity index is 387. The van der Waals surface area contributed by atoms with Crippen molar-refractivity contribution in [2.45, 2.75) is 32.4 Å². The number of halogens is 2. The summed E-state index contributed by atoms with van der Waals surface area (Å²) in [5.41, 5.74) is -0.127. The first-order valence-corrected chi connectivity index (χ1v) is 5.58. The molecule has 0 aliphatic carbocycles. The van der Waals surface area contributed by atoms with Gasteiger partial charge in [-0.3, -0.25) is 4.90 Å². The van der Waals surface area contributed by atoms with Crippen LogP contribution in [0.5, 0.6) is 0 Å². The van der Waals surface area contributed by atoms with Crippen molar-refractivity contribution >= 4 is 0 Å². The highest BCUT2D eigenvalue weighted by molar-refractivity contribution is 5.20. The van der Waals surface area contributed by atoms with Crippen LogP contribution in [-0.2, 0) is 0 Å². The quantitative estimate of drug-likeness (QED) is 0.879. The van der Waals surface area contributed by atoms with Crippen LogP contribution in [0.2, 0.25) is 0 Å². The van der Waals surface area contributed by atoms with Gasteiger partial charge in [0.1, 0.15) is 0 Å². The first kappa shape index (κ1) is 14.1. The van der Waals surface area contributed by atoms with E-state index in [0.717, 1.165) is 6.07 Å². The van der Waals surface area contributed by atoms with Gasteiger partial charge in [0.2, 0.25) is 0 Å². The predicted octanol–water partition coefficient (Wildman–Crippen LogP) is 2.73. The molecule has 1 unspecified atom stereocenters. The van der Waals surface area contributed by atoms with E-state index in [1.165, 1.54) is 6.07 Å². The van der Waals surface area contributed by atoms with Crippen LogP contribution in [0, 0.1) is 11.6 Å². The Morgan fingerprint density at radius 1 is 1.29 bits per heavy atom. The zero-order valence-corrected chi connectivity index (χ0v) is 10.7. The van der Waals surface area contributed by atoms with Crippen molar-refractivity contribution in [3.05, 3.63) is 35.4 Å². The van der Waals surface area contributed by atoms with Crippen molar-refractivity contribution < 1.29 is 13.9 Å². The molecule has 0 aromatic heterocycles. The third-order valence-electron chi connectivity index (χ3n) is 2.72. The molecule has 1 aromatic rings. The molecule has 1 N–H and O–H groups in total. The Morgan fingerprint density at radius 3 is 2.35 bits per heavy atom. The molecule has 0 aliphatic heterocycles. The van der Waals surface area contributed by atoms with Crippen LogP contribution in [0.4, 0.5) is 8.78 Å². The van der Waals surface area contributed by atoms with Crippen molar-refractivity contribution in [2.75, 3.05) is 13.6 Å².